The first-order valence-electron chi connectivity index (χ1n) is 9.22. The van der Waals surface area contributed by atoms with Crippen LogP contribution >= 0.6 is 0 Å². The highest BCUT2D eigenvalue weighted by molar-refractivity contribution is 7.91. The van der Waals surface area contributed by atoms with Gasteiger partial charge in [-0.2, -0.15) is 0 Å². The Morgan fingerprint density at radius 1 is 0.964 bits per heavy atom. The lowest BCUT2D eigenvalue weighted by Gasteiger charge is -2.28. The van der Waals surface area contributed by atoms with Crippen LogP contribution in [0.4, 0.5) is 5.69 Å². The Morgan fingerprint density at radius 2 is 1.68 bits per heavy atom. The van der Waals surface area contributed by atoms with E-state index in [2.05, 4.69) is 0 Å². The fraction of sp³-hybridized carbons (Fsp3) is 0.227. The van der Waals surface area contributed by atoms with Crippen molar-refractivity contribution in [2.75, 3.05) is 23.0 Å². The molecule has 1 fully saturated rings. The molecule has 3 aromatic carbocycles. The van der Waals surface area contributed by atoms with E-state index in [0.717, 1.165) is 10.8 Å². The van der Waals surface area contributed by atoms with Gasteiger partial charge in [0.15, 0.2) is 16.4 Å². The second-order valence-corrected chi connectivity index (χ2v) is 9.15. The van der Waals surface area contributed by atoms with E-state index >= 15 is 0 Å². The van der Waals surface area contributed by atoms with Crippen LogP contribution in [0.3, 0.4) is 0 Å². The summed E-state index contributed by atoms with van der Waals surface area (Å²) in [5.74, 6) is 0.486. The molecule has 0 aromatic heterocycles. The topological polar surface area (TPSA) is 63.7 Å². The second-order valence-electron chi connectivity index (χ2n) is 6.92. The number of para-hydroxylation sites is 1. The third-order valence-corrected chi connectivity index (χ3v) is 6.73. The van der Waals surface area contributed by atoms with Crippen molar-refractivity contribution in [2.45, 2.75) is 12.5 Å². The summed E-state index contributed by atoms with van der Waals surface area (Å²) >= 11 is 0. The molecule has 0 spiro atoms. The highest BCUT2D eigenvalue weighted by Crippen LogP contribution is 2.27. The second kappa shape index (κ2) is 7.64. The van der Waals surface area contributed by atoms with Gasteiger partial charge in [-0.05, 0) is 30.0 Å². The molecule has 1 saturated heterocycles. The summed E-state index contributed by atoms with van der Waals surface area (Å²) in [6.07, 6.45) is 0.442. The van der Waals surface area contributed by atoms with Crippen LogP contribution < -0.4 is 9.64 Å². The van der Waals surface area contributed by atoms with Gasteiger partial charge >= 0.3 is 0 Å². The highest BCUT2D eigenvalue weighted by atomic mass is 32.2. The fourth-order valence-corrected chi connectivity index (χ4v) is 5.36. The lowest BCUT2D eigenvalue weighted by molar-refractivity contribution is -0.120. The van der Waals surface area contributed by atoms with Gasteiger partial charge in [-0.3, -0.25) is 4.79 Å². The maximum absolute atomic E-state index is 13.1. The maximum Gasteiger partial charge on any atom is 0.265 e. The molecule has 0 unspecified atom stereocenters. The molecule has 5 nitrogen and oxygen atoms in total. The van der Waals surface area contributed by atoms with Gasteiger partial charge in [0.25, 0.3) is 5.91 Å². The largest absolute Gasteiger partial charge is 0.483 e. The van der Waals surface area contributed by atoms with Gasteiger partial charge in [-0.25, -0.2) is 8.42 Å². The van der Waals surface area contributed by atoms with E-state index in [4.69, 9.17) is 4.74 Å². The summed E-state index contributed by atoms with van der Waals surface area (Å²) in [6.45, 7) is -0.153. The average molecular weight is 395 g/mol. The van der Waals surface area contributed by atoms with Gasteiger partial charge in [0.05, 0.1) is 17.5 Å². The minimum absolute atomic E-state index is 0.0120. The molecule has 0 radical (unpaired) electrons. The first-order chi connectivity index (χ1) is 13.5. The zero-order chi connectivity index (χ0) is 19.6. The van der Waals surface area contributed by atoms with Crippen LogP contribution in [0.2, 0.25) is 0 Å². The zero-order valence-electron chi connectivity index (χ0n) is 15.3. The minimum atomic E-state index is -3.11. The maximum atomic E-state index is 13.1. The van der Waals surface area contributed by atoms with Gasteiger partial charge in [0.2, 0.25) is 0 Å². The van der Waals surface area contributed by atoms with Crippen LogP contribution in [-0.4, -0.2) is 38.5 Å². The number of amides is 1. The van der Waals surface area contributed by atoms with E-state index in [1.807, 2.05) is 72.8 Å². The molecular weight excluding hydrogens is 374 g/mol. The number of hydrogen-bond acceptors (Lipinski definition) is 4. The molecule has 0 aliphatic carbocycles. The van der Waals surface area contributed by atoms with E-state index in [1.165, 1.54) is 0 Å². The Balaban J connectivity index is 1.57. The van der Waals surface area contributed by atoms with Crippen molar-refractivity contribution in [2.24, 2.45) is 0 Å². The Labute approximate surface area is 164 Å². The van der Waals surface area contributed by atoms with Crippen LogP contribution in [0.25, 0.3) is 10.8 Å². The van der Waals surface area contributed by atoms with Gasteiger partial charge in [-0.15, -0.1) is 0 Å². The third-order valence-electron chi connectivity index (χ3n) is 4.98. The molecule has 28 heavy (non-hydrogen) atoms. The third kappa shape index (κ3) is 3.87. The van der Waals surface area contributed by atoms with E-state index in [0.29, 0.717) is 17.9 Å². The van der Waals surface area contributed by atoms with Gasteiger partial charge in [0, 0.05) is 11.1 Å². The predicted octanol–water partition coefficient (Wildman–Crippen LogP) is 3.44. The molecule has 1 aliphatic heterocycles. The number of hydrogen-bond donors (Lipinski definition) is 0. The number of sulfone groups is 1. The normalized spacial score (nSPS) is 18.1. The van der Waals surface area contributed by atoms with Crippen molar-refractivity contribution in [3.63, 3.8) is 0 Å². The highest BCUT2D eigenvalue weighted by Gasteiger charge is 2.35. The quantitative estimate of drug-likeness (QED) is 0.664. The van der Waals surface area contributed by atoms with Crippen LogP contribution in [0, 0.1) is 0 Å². The van der Waals surface area contributed by atoms with Crippen LogP contribution in [0.5, 0.6) is 5.75 Å². The van der Waals surface area contributed by atoms with Crippen LogP contribution in [0.1, 0.15) is 6.42 Å². The fourth-order valence-electron chi connectivity index (χ4n) is 3.66. The molecule has 1 amide bonds. The number of rotatable bonds is 5. The van der Waals surface area contributed by atoms with Crippen molar-refractivity contribution in [1.29, 1.82) is 0 Å². The number of anilines is 1. The standard InChI is InChI=1S/C22H21NO4S/c24-22(15-27-21-12-6-8-17-7-4-5-11-20(17)21)23(18-9-2-1-3-10-18)19-13-14-28(25,26)16-19/h1-12,19H,13-16H2/t19-/m0/s1. The Kier molecular flexibility index (Phi) is 5.05. The molecule has 1 atom stereocenters. The average Bonchev–Trinajstić information content (AvgIpc) is 3.06. The SMILES string of the molecule is O=C(COc1cccc2ccccc12)N(c1ccccc1)[C@H]1CCS(=O)(=O)C1. The smallest absolute Gasteiger partial charge is 0.265 e. The van der Waals surface area contributed by atoms with E-state index < -0.39 is 9.84 Å². The summed E-state index contributed by atoms with van der Waals surface area (Å²) < 4.78 is 29.8. The molecule has 1 heterocycles. The Bertz CT molecular complexity index is 1090. The Morgan fingerprint density at radius 3 is 2.43 bits per heavy atom. The zero-order valence-corrected chi connectivity index (χ0v) is 16.1. The lowest BCUT2D eigenvalue weighted by atomic mass is 10.1. The summed E-state index contributed by atoms with van der Waals surface area (Å²) in [4.78, 5) is 14.6. The first kappa shape index (κ1) is 18.5. The summed E-state index contributed by atoms with van der Waals surface area (Å²) in [5.41, 5.74) is 0.691. The van der Waals surface area contributed by atoms with Crippen molar-refractivity contribution in [3.05, 3.63) is 72.8 Å². The first-order valence-corrected chi connectivity index (χ1v) is 11.0. The molecular formula is C22H21NO4S. The van der Waals surface area contributed by atoms with Crippen molar-refractivity contribution >= 4 is 32.2 Å². The summed E-state index contributed by atoms with van der Waals surface area (Å²) in [5, 5.41) is 1.97. The molecule has 4 rings (SSSR count). The summed E-state index contributed by atoms with van der Waals surface area (Å²) in [6, 6.07) is 22.4. The number of nitrogens with zero attached hydrogens (tertiary/aromatic N) is 1. The van der Waals surface area contributed by atoms with E-state index in [1.54, 1.807) is 4.90 Å². The Hall–Kier alpha value is -2.86. The predicted molar refractivity (Wildman–Crippen MR) is 110 cm³/mol. The van der Waals surface area contributed by atoms with Crippen LogP contribution in [-0.2, 0) is 14.6 Å². The minimum Gasteiger partial charge on any atom is -0.483 e. The van der Waals surface area contributed by atoms with Crippen molar-refractivity contribution < 1.29 is 17.9 Å². The van der Waals surface area contributed by atoms with E-state index in [9.17, 15) is 13.2 Å². The number of ether oxygens (including phenoxy) is 1. The number of benzene rings is 3. The van der Waals surface area contributed by atoms with Crippen molar-refractivity contribution in [1.82, 2.24) is 0 Å². The number of carbonyl (C=O) groups excluding carboxylic acids is 1. The molecule has 0 bridgehead atoms. The number of carbonyl (C=O) groups is 1. The van der Waals surface area contributed by atoms with Crippen LogP contribution in [0.15, 0.2) is 72.8 Å². The molecule has 3 aromatic rings. The van der Waals surface area contributed by atoms with Gasteiger partial charge in [0.1, 0.15) is 5.75 Å². The summed E-state index contributed by atoms with van der Waals surface area (Å²) in [7, 11) is -3.11. The monoisotopic (exact) mass is 395 g/mol. The molecule has 6 heteroatoms. The molecule has 1 aliphatic rings. The van der Waals surface area contributed by atoms with E-state index in [-0.39, 0.29) is 30.1 Å². The van der Waals surface area contributed by atoms with Gasteiger partial charge < -0.3 is 9.64 Å². The molecule has 144 valence electrons. The van der Waals surface area contributed by atoms with Gasteiger partial charge in [-0.1, -0.05) is 54.6 Å². The van der Waals surface area contributed by atoms with Crippen molar-refractivity contribution in [3.8, 4) is 5.75 Å². The lowest BCUT2D eigenvalue weighted by Crippen LogP contribution is -2.43. The molecule has 0 N–H and O–H groups in total. The molecule has 0 saturated carbocycles. The number of fused-ring (bicyclic) bond motifs is 1.